The Morgan fingerprint density at radius 3 is 2.63 bits per heavy atom. The molecule has 3 heterocycles. The molecule has 35 heavy (non-hydrogen) atoms. The van der Waals surface area contributed by atoms with Crippen LogP contribution in [0.1, 0.15) is 56.6 Å². The highest BCUT2D eigenvalue weighted by molar-refractivity contribution is 7.13. The Kier molecular flexibility index (Phi) is 7.78. The molecule has 2 aliphatic rings. The molecule has 1 aromatic carbocycles. The summed E-state index contributed by atoms with van der Waals surface area (Å²) in [4.78, 5) is 33.9. The zero-order valence-corrected chi connectivity index (χ0v) is 21.9. The standard InChI is InChI=1S/C26H36N4O4S/c1-19-16-30(22(31)20-8-6-5-7-9-20)18-26(33-19)11-14-29(15-12-26)13-10-21-17-35-23(27-21)28-24(32)34-25(2,3)4/h5-9,17,19H,10-16,18H2,1-4H3,(H,27,28,32). The summed E-state index contributed by atoms with van der Waals surface area (Å²) in [5, 5.41) is 5.25. The van der Waals surface area contributed by atoms with Gasteiger partial charge in [0.05, 0.1) is 23.9 Å². The van der Waals surface area contributed by atoms with E-state index in [0.717, 1.165) is 50.2 Å². The number of carbonyl (C=O) groups is 2. The number of thiazole rings is 1. The number of amides is 2. The molecule has 2 aliphatic heterocycles. The number of anilines is 1. The number of hydrogen-bond donors (Lipinski definition) is 1. The van der Waals surface area contributed by atoms with Crippen LogP contribution in [0.4, 0.5) is 9.93 Å². The van der Waals surface area contributed by atoms with Crippen molar-refractivity contribution in [3.8, 4) is 0 Å². The smallest absolute Gasteiger partial charge is 0.413 e. The van der Waals surface area contributed by atoms with Gasteiger partial charge >= 0.3 is 6.09 Å². The zero-order chi connectivity index (χ0) is 25.1. The highest BCUT2D eigenvalue weighted by Crippen LogP contribution is 2.33. The number of nitrogens with zero attached hydrogens (tertiary/aromatic N) is 3. The Labute approximate surface area is 211 Å². The molecule has 9 heteroatoms. The molecule has 0 radical (unpaired) electrons. The Bertz CT molecular complexity index is 1010. The first-order chi connectivity index (χ1) is 16.6. The van der Waals surface area contributed by atoms with E-state index in [4.69, 9.17) is 9.47 Å². The molecule has 0 saturated carbocycles. The second-order valence-corrected chi connectivity index (χ2v) is 11.4. The molecular formula is C26H36N4O4S. The maximum absolute atomic E-state index is 13.1. The van der Waals surface area contributed by atoms with Crippen LogP contribution in [0.15, 0.2) is 35.7 Å². The molecule has 1 N–H and O–H groups in total. The lowest BCUT2D eigenvalue weighted by Crippen LogP contribution is -2.60. The van der Waals surface area contributed by atoms with Crippen LogP contribution >= 0.6 is 11.3 Å². The van der Waals surface area contributed by atoms with Crippen LogP contribution in [0.25, 0.3) is 0 Å². The summed E-state index contributed by atoms with van der Waals surface area (Å²) in [6, 6.07) is 9.50. The molecule has 8 nitrogen and oxygen atoms in total. The maximum atomic E-state index is 13.1. The molecule has 190 valence electrons. The molecule has 0 bridgehead atoms. The number of aromatic nitrogens is 1. The van der Waals surface area contributed by atoms with Crippen LogP contribution in [0.3, 0.4) is 0 Å². The average Bonchev–Trinajstić information content (AvgIpc) is 3.24. The lowest BCUT2D eigenvalue weighted by Gasteiger charge is -2.49. The van der Waals surface area contributed by atoms with Crippen molar-refractivity contribution in [1.82, 2.24) is 14.8 Å². The Hall–Kier alpha value is -2.49. The zero-order valence-electron chi connectivity index (χ0n) is 21.1. The topological polar surface area (TPSA) is 84.0 Å². The molecule has 1 aromatic heterocycles. The first kappa shape index (κ1) is 25.6. The van der Waals surface area contributed by atoms with Gasteiger partial charge in [0.15, 0.2) is 5.13 Å². The fourth-order valence-electron chi connectivity index (χ4n) is 4.74. The Morgan fingerprint density at radius 2 is 1.94 bits per heavy atom. The molecule has 1 spiro atoms. The molecule has 1 atom stereocenters. The first-order valence-electron chi connectivity index (χ1n) is 12.3. The highest BCUT2D eigenvalue weighted by Gasteiger charge is 2.43. The van der Waals surface area contributed by atoms with E-state index < -0.39 is 11.7 Å². The van der Waals surface area contributed by atoms with E-state index >= 15 is 0 Å². The van der Waals surface area contributed by atoms with Gasteiger partial charge in [0.25, 0.3) is 5.91 Å². The number of hydrogen-bond acceptors (Lipinski definition) is 7. The summed E-state index contributed by atoms with van der Waals surface area (Å²) in [6.45, 7) is 11.6. The summed E-state index contributed by atoms with van der Waals surface area (Å²) in [7, 11) is 0. The molecule has 2 fully saturated rings. The second kappa shape index (κ2) is 10.6. The van der Waals surface area contributed by atoms with Gasteiger partial charge in [-0.1, -0.05) is 18.2 Å². The van der Waals surface area contributed by atoms with Gasteiger partial charge in [0.2, 0.25) is 0 Å². The predicted octanol–water partition coefficient (Wildman–Crippen LogP) is 4.43. The summed E-state index contributed by atoms with van der Waals surface area (Å²) in [5.41, 5.74) is 0.882. The van der Waals surface area contributed by atoms with E-state index in [0.29, 0.717) is 18.2 Å². The van der Waals surface area contributed by atoms with Gasteiger partial charge in [0.1, 0.15) is 5.60 Å². The molecule has 4 rings (SSSR count). The van der Waals surface area contributed by atoms with Crippen LogP contribution in [0, 0.1) is 0 Å². The van der Waals surface area contributed by atoms with Crippen LogP contribution in [-0.2, 0) is 15.9 Å². The number of carbonyl (C=O) groups excluding carboxylic acids is 2. The molecule has 2 aromatic rings. The van der Waals surface area contributed by atoms with Crippen molar-refractivity contribution in [2.75, 3.05) is 38.0 Å². The van der Waals surface area contributed by atoms with E-state index in [-0.39, 0.29) is 17.6 Å². The largest absolute Gasteiger partial charge is 0.444 e. The summed E-state index contributed by atoms with van der Waals surface area (Å²) >= 11 is 1.41. The van der Waals surface area contributed by atoms with Gasteiger partial charge in [-0.25, -0.2) is 9.78 Å². The molecule has 2 amide bonds. The van der Waals surface area contributed by atoms with Crippen LogP contribution in [-0.4, -0.2) is 76.8 Å². The SMILES string of the molecule is CC1CN(C(=O)c2ccccc2)CC2(CCN(CCc3csc(NC(=O)OC(C)(C)C)n3)CC2)O1. The lowest BCUT2D eigenvalue weighted by atomic mass is 9.88. The number of rotatable bonds is 5. The number of benzene rings is 1. The third-order valence-electron chi connectivity index (χ3n) is 6.33. The van der Waals surface area contributed by atoms with E-state index in [1.165, 1.54) is 11.3 Å². The average molecular weight is 501 g/mol. The van der Waals surface area contributed by atoms with Crippen LogP contribution < -0.4 is 5.32 Å². The van der Waals surface area contributed by atoms with Crippen molar-refractivity contribution in [1.29, 1.82) is 0 Å². The quantitative estimate of drug-likeness (QED) is 0.654. The number of likely N-dealkylation sites (tertiary alicyclic amines) is 1. The second-order valence-electron chi connectivity index (χ2n) is 10.5. The molecule has 1 unspecified atom stereocenters. The fraction of sp³-hybridized carbons (Fsp3) is 0.577. The van der Waals surface area contributed by atoms with E-state index in [9.17, 15) is 9.59 Å². The highest BCUT2D eigenvalue weighted by atomic mass is 32.1. The minimum Gasteiger partial charge on any atom is -0.444 e. The third-order valence-corrected chi connectivity index (χ3v) is 7.13. The lowest BCUT2D eigenvalue weighted by molar-refractivity contribution is -0.161. The Morgan fingerprint density at radius 1 is 1.23 bits per heavy atom. The van der Waals surface area contributed by atoms with Crippen molar-refractivity contribution in [3.05, 3.63) is 47.0 Å². The Balaban J connectivity index is 1.26. The molecular weight excluding hydrogens is 464 g/mol. The number of piperidine rings is 1. The van der Waals surface area contributed by atoms with Gasteiger partial charge in [-0.3, -0.25) is 10.1 Å². The van der Waals surface area contributed by atoms with Gasteiger partial charge < -0.3 is 19.3 Å². The summed E-state index contributed by atoms with van der Waals surface area (Å²) in [6.07, 6.45) is 2.15. The van der Waals surface area contributed by atoms with Crippen molar-refractivity contribution < 1.29 is 19.1 Å². The van der Waals surface area contributed by atoms with E-state index in [1.807, 2.05) is 61.4 Å². The number of ether oxygens (including phenoxy) is 2. The van der Waals surface area contributed by atoms with Gasteiger partial charge in [-0.05, 0) is 52.7 Å². The normalized spacial score (nSPS) is 20.6. The van der Waals surface area contributed by atoms with Crippen molar-refractivity contribution in [3.63, 3.8) is 0 Å². The number of morpholine rings is 1. The first-order valence-corrected chi connectivity index (χ1v) is 13.2. The van der Waals surface area contributed by atoms with Crippen molar-refractivity contribution >= 4 is 28.5 Å². The van der Waals surface area contributed by atoms with Gasteiger partial charge in [-0.2, -0.15) is 0 Å². The van der Waals surface area contributed by atoms with E-state index in [2.05, 4.69) is 22.1 Å². The van der Waals surface area contributed by atoms with E-state index in [1.54, 1.807) is 0 Å². The van der Waals surface area contributed by atoms with Gasteiger partial charge in [-0.15, -0.1) is 11.3 Å². The predicted molar refractivity (Wildman–Crippen MR) is 137 cm³/mol. The third kappa shape index (κ3) is 7.02. The van der Waals surface area contributed by atoms with Crippen LogP contribution in [0.2, 0.25) is 0 Å². The van der Waals surface area contributed by atoms with Crippen LogP contribution in [0.5, 0.6) is 0 Å². The number of nitrogens with one attached hydrogen (secondary N) is 1. The minimum absolute atomic E-state index is 0.0221. The van der Waals surface area contributed by atoms with Gasteiger partial charge in [0, 0.05) is 43.5 Å². The fourth-order valence-corrected chi connectivity index (χ4v) is 5.48. The summed E-state index contributed by atoms with van der Waals surface area (Å²) in [5.74, 6) is 0.0851. The molecule has 0 aliphatic carbocycles. The maximum Gasteiger partial charge on any atom is 0.413 e. The monoisotopic (exact) mass is 500 g/mol. The molecule has 2 saturated heterocycles. The minimum atomic E-state index is -0.540. The van der Waals surface area contributed by atoms with Crippen molar-refractivity contribution in [2.24, 2.45) is 0 Å². The van der Waals surface area contributed by atoms with Crippen molar-refractivity contribution in [2.45, 2.75) is 64.3 Å². The summed E-state index contributed by atoms with van der Waals surface area (Å²) < 4.78 is 11.7.